The second-order valence-corrected chi connectivity index (χ2v) is 6.09. The average Bonchev–Trinajstić information content (AvgIpc) is 2.65. The molecule has 0 aromatic heterocycles. The van der Waals surface area contributed by atoms with Gasteiger partial charge in [-0.25, -0.2) is 0 Å². The number of nitrogens with zero attached hydrogens (tertiary/aromatic N) is 1. The summed E-state index contributed by atoms with van der Waals surface area (Å²) in [5.74, 6) is 1.74. The predicted molar refractivity (Wildman–Crippen MR) is 105 cm³/mol. The van der Waals surface area contributed by atoms with Crippen molar-refractivity contribution in [3.8, 4) is 11.5 Å². The fourth-order valence-electron chi connectivity index (χ4n) is 2.87. The van der Waals surface area contributed by atoms with Gasteiger partial charge in [0.25, 0.3) is 0 Å². The zero-order chi connectivity index (χ0) is 17.6. The molecule has 0 N–H and O–H groups in total. The van der Waals surface area contributed by atoms with Crippen LogP contribution in [0.1, 0.15) is 11.1 Å². The minimum atomic E-state index is 0.667. The Morgan fingerprint density at radius 2 is 1.68 bits per heavy atom. The number of benzene rings is 3. The Labute approximate surface area is 152 Å². The van der Waals surface area contributed by atoms with Gasteiger partial charge in [0.05, 0.1) is 14.2 Å². The van der Waals surface area contributed by atoms with Gasteiger partial charge in [0.1, 0.15) is 11.5 Å². The molecule has 0 atom stereocenters. The second kappa shape index (κ2) is 8.04. The lowest BCUT2D eigenvalue weighted by Crippen LogP contribution is -1.98. The lowest BCUT2D eigenvalue weighted by atomic mass is 10.0. The first-order chi connectivity index (χ1) is 12.2. The van der Waals surface area contributed by atoms with Gasteiger partial charge in [-0.1, -0.05) is 48.0 Å². The molecule has 3 rings (SSSR count). The quantitative estimate of drug-likeness (QED) is 0.572. The molecule has 3 nitrogen and oxygen atoms in total. The molecule has 0 radical (unpaired) electrons. The first-order valence-corrected chi connectivity index (χ1v) is 8.48. The third kappa shape index (κ3) is 3.94. The summed E-state index contributed by atoms with van der Waals surface area (Å²) in [6.07, 6.45) is 2.63. The summed E-state index contributed by atoms with van der Waals surface area (Å²) >= 11 is 5.89. The molecular formula is C21H20ClNO2. The van der Waals surface area contributed by atoms with Gasteiger partial charge in [-0.2, -0.15) is 0 Å². The first kappa shape index (κ1) is 17.3. The number of fused-ring (bicyclic) bond motifs is 1. The van der Waals surface area contributed by atoms with Crippen molar-refractivity contribution in [2.24, 2.45) is 4.99 Å². The Bertz CT molecular complexity index is 888. The summed E-state index contributed by atoms with van der Waals surface area (Å²) in [5, 5.41) is 2.83. The number of hydrogen-bond donors (Lipinski definition) is 0. The molecule has 0 bridgehead atoms. The van der Waals surface area contributed by atoms with Gasteiger partial charge < -0.3 is 9.47 Å². The average molecular weight is 354 g/mol. The highest BCUT2D eigenvalue weighted by atomic mass is 35.5. The van der Waals surface area contributed by atoms with Crippen LogP contribution in [0.2, 0.25) is 5.02 Å². The Kier molecular flexibility index (Phi) is 5.56. The Morgan fingerprint density at radius 1 is 0.960 bits per heavy atom. The van der Waals surface area contributed by atoms with Crippen molar-refractivity contribution in [2.75, 3.05) is 20.8 Å². The van der Waals surface area contributed by atoms with Gasteiger partial charge in [-0.05, 0) is 30.2 Å². The van der Waals surface area contributed by atoms with Crippen LogP contribution < -0.4 is 9.47 Å². The van der Waals surface area contributed by atoms with Gasteiger partial charge in [0.2, 0.25) is 0 Å². The third-order valence-corrected chi connectivity index (χ3v) is 4.33. The summed E-state index contributed by atoms with van der Waals surface area (Å²) in [5.41, 5.74) is 2.12. The van der Waals surface area contributed by atoms with Crippen molar-refractivity contribution >= 4 is 28.6 Å². The number of rotatable bonds is 6. The monoisotopic (exact) mass is 353 g/mol. The van der Waals surface area contributed by atoms with Gasteiger partial charge in [-0.3, -0.25) is 4.99 Å². The molecule has 0 spiro atoms. The Hall–Kier alpha value is -2.52. The van der Waals surface area contributed by atoms with Gasteiger partial charge in [-0.15, -0.1) is 0 Å². The number of ether oxygens (including phenoxy) is 2. The van der Waals surface area contributed by atoms with E-state index in [9.17, 15) is 0 Å². The third-order valence-electron chi connectivity index (χ3n) is 4.08. The predicted octanol–water partition coefficient (Wildman–Crippen LogP) is 5.17. The number of halogens is 1. The highest BCUT2D eigenvalue weighted by Crippen LogP contribution is 2.36. The van der Waals surface area contributed by atoms with Crippen LogP contribution in [-0.4, -0.2) is 27.0 Å². The first-order valence-electron chi connectivity index (χ1n) is 8.11. The zero-order valence-electron chi connectivity index (χ0n) is 14.3. The maximum atomic E-state index is 5.89. The van der Waals surface area contributed by atoms with E-state index in [1.165, 1.54) is 0 Å². The van der Waals surface area contributed by atoms with Crippen LogP contribution in [0.4, 0.5) is 0 Å². The van der Waals surface area contributed by atoms with Crippen molar-refractivity contribution in [3.63, 3.8) is 0 Å². The maximum Gasteiger partial charge on any atom is 0.130 e. The van der Waals surface area contributed by atoms with E-state index in [1.807, 2.05) is 54.7 Å². The topological polar surface area (TPSA) is 30.8 Å². The minimum Gasteiger partial charge on any atom is -0.496 e. The van der Waals surface area contributed by atoms with Crippen molar-refractivity contribution in [3.05, 3.63) is 70.7 Å². The molecule has 0 aliphatic carbocycles. The standard InChI is InChI=1S/C21H20ClNO2/c1-24-20-13-16(21(25-2)19-6-4-3-5-18(19)20)11-12-23-14-15-7-9-17(22)10-8-15/h3-10,13-14H,11-12H2,1-2H3. The van der Waals surface area contributed by atoms with Crippen LogP contribution in [-0.2, 0) is 6.42 Å². The zero-order valence-corrected chi connectivity index (χ0v) is 15.1. The summed E-state index contributed by atoms with van der Waals surface area (Å²) in [6, 6.07) is 17.8. The SMILES string of the molecule is COc1cc(CCN=Cc2ccc(Cl)cc2)c(OC)c2ccccc12. The normalized spacial score (nSPS) is 11.2. The van der Waals surface area contributed by atoms with E-state index >= 15 is 0 Å². The van der Waals surface area contributed by atoms with E-state index in [0.29, 0.717) is 6.54 Å². The lowest BCUT2D eigenvalue weighted by molar-refractivity contribution is 0.406. The number of hydrogen-bond acceptors (Lipinski definition) is 3. The molecule has 3 aromatic carbocycles. The largest absolute Gasteiger partial charge is 0.496 e. The molecule has 0 unspecified atom stereocenters. The van der Waals surface area contributed by atoms with E-state index in [2.05, 4.69) is 11.1 Å². The lowest BCUT2D eigenvalue weighted by Gasteiger charge is -2.14. The summed E-state index contributed by atoms with van der Waals surface area (Å²) in [7, 11) is 3.39. The van der Waals surface area contributed by atoms with E-state index in [-0.39, 0.29) is 0 Å². The summed E-state index contributed by atoms with van der Waals surface area (Å²) < 4.78 is 11.2. The van der Waals surface area contributed by atoms with Crippen LogP contribution >= 0.6 is 11.6 Å². The maximum absolute atomic E-state index is 5.89. The Balaban J connectivity index is 1.82. The molecule has 0 saturated heterocycles. The highest BCUT2D eigenvalue weighted by molar-refractivity contribution is 6.30. The van der Waals surface area contributed by atoms with Crippen molar-refractivity contribution in [2.45, 2.75) is 6.42 Å². The van der Waals surface area contributed by atoms with Gasteiger partial charge in [0.15, 0.2) is 0 Å². The summed E-state index contributed by atoms with van der Waals surface area (Å²) in [4.78, 5) is 4.51. The number of methoxy groups -OCH3 is 2. The second-order valence-electron chi connectivity index (χ2n) is 5.65. The van der Waals surface area contributed by atoms with E-state index in [4.69, 9.17) is 21.1 Å². The summed E-state index contributed by atoms with van der Waals surface area (Å²) in [6.45, 7) is 0.667. The molecule has 0 fully saturated rings. The van der Waals surface area contributed by atoms with E-state index in [0.717, 1.165) is 44.8 Å². The molecule has 25 heavy (non-hydrogen) atoms. The van der Waals surface area contributed by atoms with Gasteiger partial charge >= 0.3 is 0 Å². The van der Waals surface area contributed by atoms with Crippen LogP contribution in [0.25, 0.3) is 10.8 Å². The molecule has 3 aromatic rings. The van der Waals surface area contributed by atoms with E-state index in [1.54, 1.807) is 14.2 Å². The van der Waals surface area contributed by atoms with Crippen molar-refractivity contribution in [1.82, 2.24) is 0 Å². The van der Waals surface area contributed by atoms with Crippen molar-refractivity contribution < 1.29 is 9.47 Å². The van der Waals surface area contributed by atoms with Crippen LogP contribution in [0, 0.1) is 0 Å². The van der Waals surface area contributed by atoms with E-state index < -0.39 is 0 Å². The van der Waals surface area contributed by atoms with Crippen molar-refractivity contribution in [1.29, 1.82) is 0 Å². The minimum absolute atomic E-state index is 0.667. The molecule has 0 aliphatic heterocycles. The van der Waals surface area contributed by atoms with Gasteiger partial charge in [0, 0.05) is 34.1 Å². The fraction of sp³-hybridized carbons (Fsp3) is 0.190. The smallest absolute Gasteiger partial charge is 0.130 e. The molecule has 0 heterocycles. The molecule has 0 aliphatic rings. The highest BCUT2D eigenvalue weighted by Gasteiger charge is 2.12. The van der Waals surface area contributed by atoms with Crippen LogP contribution in [0.15, 0.2) is 59.6 Å². The molecule has 4 heteroatoms. The molecular weight excluding hydrogens is 334 g/mol. The fourth-order valence-corrected chi connectivity index (χ4v) is 3.00. The molecule has 0 amide bonds. The molecule has 0 saturated carbocycles. The van der Waals surface area contributed by atoms with Crippen LogP contribution in [0.5, 0.6) is 11.5 Å². The Morgan fingerprint density at radius 3 is 2.36 bits per heavy atom. The molecule has 128 valence electrons. The number of aliphatic imine (C=N–C) groups is 1. The van der Waals surface area contributed by atoms with Crippen LogP contribution in [0.3, 0.4) is 0 Å².